The molecule has 0 amide bonds. The molecule has 1 fully saturated rings. The van der Waals surface area contributed by atoms with E-state index in [0.29, 0.717) is 6.54 Å². The molecule has 0 radical (unpaired) electrons. The molecular weight excluding hydrogens is 346 g/mol. The number of ether oxygens (including phenoxy) is 1. The van der Waals surface area contributed by atoms with Crippen LogP contribution in [0.1, 0.15) is 11.1 Å². The van der Waals surface area contributed by atoms with E-state index in [0.717, 1.165) is 53.7 Å². The van der Waals surface area contributed by atoms with Crippen molar-refractivity contribution >= 4 is 27.6 Å². The quantitative estimate of drug-likeness (QED) is 0.841. The Balaban J connectivity index is 1.66. The molecule has 1 aliphatic heterocycles. The number of halogens is 1. The van der Waals surface area contributed by atoms with Gasteiger partial charge in [0.1, 0.15) is 22.6 Å². The number of hydrogen-bond acceptors (Lipinski definition) is 6. The average Bonchev–Trinajstić information content (AvgIpc) is 2.57. The third-order valence-corrected chi connectivity index (χ3v) is 4.36. The van der Waals surface area contributed by atoms with E-state index >= 15 is 0 Å². The minimum atomic E-state index is 0.681. The Hall–Kier alpha value is -1.73. The molecule has 0 aliphatic carbocycles. The van der Waals surface area contributed by atoms with Gasteiger partial charge < -0.3 is 15.0 Å². The topological polar surface area (TPSA) is 63.2 Å². The van der Waals surface area contributed by atoms with Crippen LogP contribution in [0.3, 0.4) is 0 Å². The molecule has 0 spiro atoms. The normalized spacial score (nSPS) is 14.9. The Morgan fingerprint density at radius 2 is 2.05 bits per heavy atom. The van der Waals surface area contributed by atoms with E-state index in [4.69, 9.17) is 4.74 Å². The summed E-state index contributed by atoms with van der Waals surface area (Å²) in [6.45, 7) is 5.94. The summed E-state index contributed by atoms with van der Waals surface area (Å²) in [4.78, 5) is 15.1. The van der Waals surface area contributed by atoms with Gasteiger partial charge >= 0.3 is 0 Å². The molecule has 1 aliphatic rings. The molecule has 2 aromatic rings. The van der Waals surface area contributed by atoms with Crippen LogP contribution in [-0.4, -0.2) is 41.3 Å². The molecule has 3 heterocycles. The summed E-state index contributed by atoms with van der Waals surface area (Å²) >= 11 is 3.41. The molecule has 6 nitrogen and oxygen atoms in total. The fraction of sp³-hybridized carbons (Fsp3) is 0.400. The zero-order valence-corrected chi connectivity index (χ0v) is 14.0. The SMILES string of the molecule is Cc1cc(CNc2cc(N3CCOCC3)ncn2)cnc1Br. The fourth-order valence-corrected chi connectivity index (χ4v) is 2.53. The van der Waals surface area contributed by atoms with Gasteiger partial charge in [0.25, 0.3) is 0 Å². The Kier molecular flexibility index (Phi) is 4.84. The Labute approximate surface area is 138 Å². The first-order valence-electron chi connectivity index (χ1n) is 7.22. The van der Waals surface area contributed by atoms with E-state index in [9.17, 15) is 0 Å². The van der Waals surface area contributed by atoms with Crippen LogP contribution >= 0.6 is 15.9 Å². The third kappa shape index (κ3) is 3.72. The van der Waals surface area contributed by atoms with E-state index in [2.05, 4.69) is 47.2 Å². The second-order valence-corrected chi connectivity index (χ2v) is 5.92. The lowest BCUT2D eigenvalue weighted by Crippen LogP contribution is -2.36. The first-order chi connectivity index (χ1) is 10.7. The number of nitrogens with one attached hydrogen (secondary N) is 1. The molecule has 0 unspecified atom stereocenters. The van der Waals surface area contributed by atoms with Crippen molar-refractivity contribution in [2.75, 3.05) is 36.5 Å². The molecular formula is C15H18BrN5O. The van der Waals surface area contributed by atoms with Crippen molar-refractivity contribution in [2.24, 2.45) is 0 Å². The molecule has 0 atom stereocenters. The maximum Gasteiger partial charge on any atom is 0.134 e. The highest BCUT2D eigenvalue weighted by atomic mass is 79.9. The highest BCUT2D eigenvalue weighted by Crippen LogP contribution is 2.17. The Bertz CT molecular complexity index is 646. The molecule has 3 rings (SSSR count). The second-order valence-electron chi connectivity index (χ2n) is 5.17. The van der Waals surface area contributed by atoms with Gasteiger partial charge in [-0.2, -0.15) is 0 Å². The molecule has 1 N–H and O–H groups in total. The van der Waals surface area contributed by atoms with Gasteiger partial charge in [-0.25, -0.2) is 15.0 Å². The highest BCUT2D eigenvalue weighted by Gasteiger charge is 2.12. The van der Waals surface area contributed by atoms with Crippen LogP contribution in [0.25, 0.3) is 0 Å². The molecule has 1 saturated heterocycles. The summed E-state index contributed by atoms with van der Waals surface area (Å²) in [6, 6.07) is 4.08. The third-order valence-electron chi connectivity index (χ3n) is 3.53. The molecule has 0 saturated carbocycles. The number of aryl methyl sites for hydroxylation is 1. The van der Waals surface area contributed by atoms with Gasteiger partial charge in [0, 0.05) is 31.9 Å². The van der Waals surface area contributed by atoms with Crippen LogP contribution in [0.2, 0.25) is 0 Å². The number of morpholine rings is 1. The standard InChI is InChI=1S/C15H18BrN5O/c1-11-6-12(9-18-15(11)16)8-17-13-7-14(20-10-19-13)21-2-4-22-5-3-21/h6-7,9-10H,2-5,8H2,1H3,(H,17,19,20). The number of pyridine rings is 1. The van der Waals surface area contributed by atoms with Crippen LogP contribution in [0.4, 0.5) is 11.6 Å². The number of rotatable bonds is 4. The van der Waals surface area contributed by atoms with Crippen molar-refractivity contribution in [1.82, 2.24) is 15.0 Å². The zero-order chi connectivity index (χ0) is 15.4. The second kappa shape index (κ2) is 7.02. The molecule has 22 heavy (non-hydrogen) atoms. The summed E-state index contributed by atoms with van der Waals surface area (Å²) in [5.74, 6) is 1.75. The van der Waals surface area contributed by atoms with Gasteiger partial charge in [-0.3, -0.25) is 0 Å². The van der Waals surface area contributed by atoms with Crippen LogP contribution in [-0.2, 0) is 11.3 Å². The van der Waals surface area contributed by atoms with Crippen molar-refractivity contribution < 1.29 is 4.74 Å². The summed E-state index contributed by atoms with van der Waals surface area (Å²) in [7, 11) is 0. The van der Waals surface area contributed by atoms with E-state index in [1.165, 1.54) is 0 Å². The average molecular weight is 364 g/mol. The molecule has 116 valence electrons. The Morgan fingerprint density at radius 3 is 2.82 bits per heavy atom. The van der Waals surface area contributed by atoms with E-state index in [-0.39, 0.29) is 0 Å². The maximum absolute atomic E-state index is 5.37. The van der Waals surface area contributed by atoms with Crippen molar-refractivity contribution in [2.45, 2.75) is 13.5 Å². The predicted molar refractivity (Wildman–Crippen MR) is 89.1 cm³/mol. The summed E-state index contributed by atoms with van der Waals surface area (Å²) in [5, 5.41) is 3.32. The minimum Gasteiger partial charge on any atom is -0.378 e. The highest BCUT2D eigenvalue weighted by molar-refractivity contribution is 9.10. The van der Waals surface area contributed by atoms with Crippen molar-refractivity contribution in [3.63, 3.8) is 0 Å². The van der Waals surface area contributed by atoms with Crippen LogP contribution in [0, 0.1) is 6.92 Å². The van der Waals surface area contributed by atoms with Crippen molar-refractivity contribution in [1.29, 1.82) is 0 Å². The lowest BCUT2D eigenvalue weighted by atomic mass is 10.2. The molecule has 7 heteroatoms. The predicted octanol–water partition coefficient (Wildman–Crippen LogP) is 2.39. The smallest absolute Gasteiger partial charge is 0.134 e. The van der Waals surface area contributed by atoms with Crippen LogP contribution in [0.5, 0.6) is 0 Å². The zero-order valence-electron chi connectivity index (χ0n) is 12.4. The van der Waals surface area contributed by atoms with Gasteiger partial charge in [0.2, 0.25) is 0 Å². The molecule has 0 aromatic carbocycles. The largest absolute Gasteiger partial charge is 0.378 e. The van der Waals surface area contributed by atoms with E-state index < -0.39 is 0 Å². The van der Waals surface area contributed by atoms with Gasteiger partial charge in [0.15, 0.2) is 0 Å². The molecule has 2 aromatic heterocycles. The van der Waals surface area contributed by atoms with E-state index in [1.807, 2.05) is 19.2 Å². The van der Waals surface area contributed by atoms with Gasteiger partial charge in [0.05, 0.1) is 13.2 Å². The summed E-state index contributed by atoms with van der Waals surface area (Å²) in [6.07, 6.45) is 3.45. The van der Waals surface area contributed by atoms with Gasteiger partial charge in [-0.15, -0.1) is 0 Å². The summed E-state index contributed by atoms with van der Waals surface area (Å²) < 4.78 is 6.25. The number of aromatic nitrogens is 3. The number of nitrogens with zero attached hydrogens (tertiary/aromatic N) is 4. The maximum atomic E-state index is 5.37. The monoisotopic (exact) mass is 363 g/mol. The lowest BCUT2D eigenvalue weighted by molar-refractivity contribution is 0.122. The van der Waals surface area contributed by atoms with Crippen LogP contribution < -0.4 is 10.2 Å². The number of hydrogen-bond donors (Lipinski definition) is 1. The first kappa shape index (κ1) is 15.2. The van der Waals surface area contributed by atoms with E-state index in [1.54, 1.807) is 6.33 Å². The minimum absolute atomic E-state index is 0.681. The van der Waals surface area contributed by atoms with Crippen molar-refractivity contribution in [3.8, 4) is 0 Å². The van der Waals surface area contributed by atoms with Gasteiger partial charge in [-0.1, -0.05) is 6.07 Å². The Morgan fingerprint density at radius 1 is 1.23 bits per heavy atom. The van der Waals surface area contributed by atoms with Gasteiger partial charge in [-0.05, 0) is 34.0 Å². The first-order valence-corrected chi connectivity index (χ1v) is 8.01. The summed E-state index contributed by atoms with van der Waals surface area (Å²) in [5.41, 5.74) is 2.24. The molecule has 0 bridgehead atoms. The lowest BCUT2D eigenvalue weighted by Gasteiger charge is -2.27. The fourth-order valence-electron chi connectivity index (χ4n) is 2.31. The number of anilines is 2. The van der Waals surface area contributed by atoms with Crippen LogP contribution in [0.15, 0.2) is 29.3 Å². The van der Waals surface area contributed by atoms with Crippen molar-refractivity contribution in [3.05, 3.63) is 40.4 Å².